The van der Waals surface area contributed by atoms with Crippen LogP contribution in [0, 0.1) is 17.8 Å². The number of phenols is 1. The molecule has 442 valence electrons. The van der Waals surface area contributed by atoms with Gasteiger partial charge in [0.2, 0.25) is 41.4 Å². The maximum Gasteiger partial charge on any atom is 0.248 e. The highest BCUT2D eigenvalue weighted by Gasteiger charge is 2.50. The predicted molar refractivity (Wildman–Crippen MR) is 285 cm³/mol. The summed E-state index contributed by atoms with van der Waals surface area (Å²) in [4.78, 5) is 102. The first kappa shape index (κ1) is 65.4. The average Bonchev–Trinajstić information content (AvgIpc) is 3.94. The van der Waals surface area contributed by atoms with E-state index in [-0.39, 0.29) is 50.3 Å². The summed E-state index contributed by atoms with van der Waals surface area (Å²) in [6.45, 7) is 8.23. The number of benzene rings is 1. The smallest absolute Gasteiger partial charge is 0.248 e. The number of unbranched alkanes of at least 4 members (excludes halogenated alkanes) is 5. The second-order valence-corrected chi connectivity index (χ2v) is 21.8. The zero-order chi connectivity index (χ0) is 58.0. The number of nitrogens with zero attached hydrogens (tertiary/aromatic N) is 2. The lowest BCUT2D eigenvalue weighted by atomic mass is 9.91. The van der Waals surface area contributed by atoms with Crippen molar-refractivity contribution < 1.29 is 74.4 Å². The van der Waals surface area contributed by atoms with Crippen LogP contribution in [-0.4, -0.2) is 204 Å². The fraction of sp³-hybridized carbons (Fsp3) is 0.755. The molecule has 3 heterocycles. The van der Waals surface area contributed by atoms with Crippen molar-refractivity contribution in [3.63, 3.8) is 0 Å². The number of hydrogen-bond acceptors (Lipinski definition) is 18. The van der Waals surface area contributed by atoms with E-state index in [4.69, 9.17) is 11.5 Å². The number of carbonyl (C=O) groups is 7. The fourth-order valence-electron chi connectivity index (χ4n) is 10.5. The van der Waals surface area contributed by atoms with Crippen molar-refractivity contribution >= 4 is 41.4 Å². The van der Waals surface area contributed by atoms with Crippen molar-refractivity contribution in [2.75, 3.05) is 32.7 Å². The number of carbonyl (C=O) groups excluding carboxylic acids is 7. The number of aliphatic hydroxyl groups excluding tert-OH is 7. The van der Waals surface area contributed by atoms with Crippen molar-refractivity contribution in [3.8, 4) is 5.75 Å². The van der Waals surface area contributed by atoms with Crippen LogP contribution in [0.5, 0.6) is 5.75 Å². The maximum absolute atomic E-state index is 14.7. The third-order valence-electron chi connectivity index (χ3n) is 15.3. The molecule has 0 aliphatic carbocycles. The minimum Gasteiger partial charge on any atom is -0.508 e. The Labute approximate surface area is 457 Å². The van der Waals surface area contributed by atoms with Gasteiger partial charge in [0.15, 0.2) is 0 Å². The number of aromatic hydroxyl groups is 1. The molecule has 3 unspecified atom stereocenters. The molecular weight excluding hydrogens is 1020 g/mol. The third-order valence-corrected chi connectivity index (χ3v) is 15.3. The van der Waals surface area contributed by atoms with Crippen LogP contribution in [0.15, 0.2) is 24.3 Å². The van der Waals surface area contributed by atoms with Gasteiger partial charge in [-0.05, 0) is 62.3 Å². The zero-order valence-corrected chi connectivity index (χ0v) is 45.8. The average molecular weight is 1110 g/mol. The Kier molecular flexibility index (Phi) is 26.5. The second kappa shape index (κ2) is 31.6. The van der Waals surface area contributed by atoms with E-state index in [0.29, 0.717) is 24.7 Å². The second-order valence-electron chi connectivity index (χ2n) is 21.8. The molecule has 18 N–H and O–H groups in total. The summed E-state index contributed by atoms with van der Waals surface area (Å²) in [6.07, 6.45) is -6.85. The van der Waals surface area contributed by atoms with Gasteiger partial charge in [0.1, 0.15) is 60.4 Å². The standard InChI is InChI=1S/C53H90N10O15/c1-6-28(2)23-29(3)13-11-9-7-8-10-12-14-39(69)57-35-25-38(68)47(56-22-21-55)61-51(76)43-44(70)30(4)26-63(43)53(78)41(37(67)19-20-54)59-50(75)42(46(72)45(71)32-15-17-33(65)18-16-32)60-49(74)36-24-34(66)27-62(36)52(77)40(31(5)64)58-48(35)73/h15-18,28-31,34-38,40-47,56,64-68,70-72H,6-14,19-27,54-55H2,1-5H3,(H,57,69)(H,58,73)(H,59,75)(H,60,74)(H,61,76)/t28?,29?,30?,31-,34-,35+,36+,37-,38-,40+,41+,42+,43+,44+,45+,46+,47+/m1/s1. The molecule has 3 fully saturated rings. The van der Waals surface area contributed by atoms with Crippen molar-refractivity contribution in [2.24, 2.45) is 29.2 Å². The monoisotopic (exact) mass is 1110 g/mol. The van der Waals surface area contributed by atoms with Crippen LogP contribution in [0.25, 0.3) is 0 Å². The number of nitrogens with two attached hydrogens (primary N) is 2. The first-order valence-corrected chi connectivity index (χ1v) is 27.7. The first-order valence-electron chi connectivity index (χ1n) is 27.7. The van der Waals surface area contributed by atoms with Gasteiger partial charge in [-0.15, -0.1) is 0 Å². The molecule has 7 amide bonds. The Morgan fingerprint density at radius 2 is 1.33 bits per heavy atom. The van der Waals surface area contributed by atoms with Crippen LogP contribution >= 0.6 is 0 Å². The Hall–Kier alpha value is -5.09. The molecule has 0 aromatic heterocycles. The molecule has 0 spiro atoms. The largest absolute Gasteiger partial charge is 0.508 e. The van der Waals surface area contributed by atoms with Crippen molar-refractivity contribution in [3.05, 3.63) is 29.8 Å². The van der Waals surface area contributed by atoms with E-state index in [0.717, 1.165) is 55.2 Å². The van der Waals surface area contributed by atoms with E-state index in [1.807, 2.05) is 0 Å². The van der Waals surface area contributed by atoms with Crippen molar-refractivity contribution in [2.45, 2.75) is 203 Å². The fourth-order valence-corrected chi connectivity index (χ4v) is 10.5. The highest BCUT2D eigenvalue weighted by Crippen LogP contribution is 2.28. The van der Waals surface area contributed by atoms with Gasteiger partial charge in [-0.25, -0.2) is 0 Å². The summed E-state index contributed by atoms with van der Waals surface area (Å²) in [5, 5.41) is 105. The molecule has 3 aliphatic heterocycles. The summed E-state index contributed by atoms with van der Waals surface area (Å²) in [6, 6.07) is -6.44. The van der Waals surface area contributed by atoms with Gasteiger partial charge in [0.25, 0.3) is 0 Å². The lowest BCUT2D eigenvalue weighted by molar-refractivity contribution is -0.148. The minimum absolute atomic E-state index is 0.0276. The summed E-state index contributed by atoms with van der Waals surface area (Å²) in [7, 11) is 0. The number of rotatable bonds is 23. The molecule has 1 aromatic carbocycles. The SMILES string of the molecule is CCC(C)CC(C)CCCCCCCCC(=O)N[C@H]1C[C@@H](O)[C@@H](NCCN)NC(=O)[C@@H]2[C@@H](O)C(C)CN2C(=O)[C@H]([C@H](O)CCN)NC(=O)[C@H]([C@H](O)[C@@H](O)c2ccc(O)cc2)NC(=O)[C@@H]2C[C@@H](O)CN2C(=O)[C@H]([C@@H](C)O)NC1=O. The topological polar surface area (TPSA) is 412 Å². The number of phenolic OH excluding ortho intramolecular Hbond substituents is 1. The van der Waals surface area contributed by atoms with Crippen LogP contribution < -0.4 is 43.4 Å². The van der Waals surface area contributed by atoms with Crippen LogP contribution in [0.4, 0.5) is 0 Å². The molecule has 78 heavy (non-hydrogen) atoms. The van der Waals surface area contributed by atoms with E-state index in [1.54, 1.807) is 0 Å². The van der Waals surface area contributed by atoms with Gasteiger partial charge in [-0.1, -0.05) is 84.8 Å². The Balaban J connectivity index is 1.75. The Morgan fingerprint density at radius 1 is 0.718 bits per heavy atom. The minimum atomic E-state index is -2.28. The van der Waals surface area contributed by atoms with E-state index >= 15 is 0 Å². The molecule has 3 aliphatic rings. The summed E-state index contributed by atoms with van der Waals surface area (Å²) < 4.78 is 0. The normalized spacial score (nSPS) is 29.4. The third kappa shape index (κ3) is 18.5. The predicted octanol–water partition coefficient (Wildman–Crippen LogP) is -3.07. The molecular formula is C53H90N10O15. The zero-order valence-electron chi connectivity index (χ0n) is 45.8. The molecule has 25 heteroatoms. The molecule has 0 saturated carbocycles. The van der Waals surface area contributed by atoms with Gasteiger partial charge in [-0.2, -0.15) is 0 Å². The quantitative estimate of drug-likeness (QED) is 0.0484. The van der Waals surface area contributed by atoms with Crippen molar-refractivity contribution in [1.29, 1.82) is 0 Å². The van der Waals surface area contributed by atoms with Gasteiger partial charge in [0, 0.05) is 51.4 Å². The van der Waals surface area contributed by atoms with Crippen LogP contribution in [0.3, 0.4) is 0 Å². The number of fused-ring (bicyclic) bond motifs is 2. The highest BCUT2D eigenvalue weighted by molar-refractivity contribution is 5.98. The molecule has 0 bridgehead atoms. The number of hydrogen-bond donors (Lipinski definition) is 16. The number of nitrogens with one attached hydrogen (secondary N) is 6. The molecule has 17 atom stereocenters. The maximum atomic E-state index is 14.7. The summed E-state index contributed by atoms with van der Waals surface area (Å²) in [5.41, 5.74) is 11.5. The first-order chi connectivity index (χ1) is 36.9. The molecule has 25 nitrogen and oxygen atoms in total. The van der Waals surface area contributed by atoms with Gasteiger partial charge < -0.3 is 88.7 Å². The lowest BCUT2D eigenvalue weighted by Gasteiger charge is -2.35. The van der Waals surface area contributed by atoms with Crippen LogP contribution in [0.1, 0.15) is 130 Å². The van der Waals surface area contributed by atoms with Gasteiger partial charge >= 0.3 is 0 Å². The van der Waals surface area contributed by atoms with E-state index < -0.39 is 152 Å². The Morgan fingerprint density at radius 3 is 1.96 bits per heavy atom. The summed E-state index contributed by atoms with van der Waals surface area (Å²) >= 11 is 0. The van der Waals surface area contributed by atoms with E-state index in [9.17, 15) is 74.4 Å². The highest BCUT2D eigenvalue weighted by atomic mass is 16.3. The van der Waals surface area contributed by atoms with Crippen LogP contribution in [0.2, 0.25) is 0 Å². The van der Waals surface area contributed by atoms with Gasteiger partial charge in [0.05, 0.1) is 30.5 Å². The van der Waals surface area contributed by atoms with Gasteiger partial charge in [-0.3, -0.25) is 38.9 Å². The molecule has 4 rings (SSSR count). The number of aliphatic hydroxyl groups is 7. The molecule has 0 radical (unpaired) electrons. The number of amides is 7. The van der Waals surface area contributed by atoms with E-state index in [1.165, 1.54) is 37.6 Å². The summed E-state index contributed by atoms with van der Waals surface area (Å²) in [5.74, 6) is -7.25. The molecule has 1 aromatic rings. The molecule has 3 saturated heterocycles. The van der Waals surface area contributed by atoms with E-state index in [2.05, 4.69) is 52.7 Å². The lowest BCUT2D eigenvalue weighted by Crippen LogP contribution is -2.65. The van der Waals surface area contributed by atoms with Crippen LogP contribution in [-0.2, 0) is 33.6 Å². The van der Waals surface area contributed by atoms with Crippen molar-refractivity contribution in [1.82, 2.24) is 41.7 Å². The Bertz CT molecular complexity index is 2110.